The molecule has 1 unspecified atom stereocenters. The number of nitrogens with zero attached hydrogens (tertiary/aromatic N) is 2. The summed E-state index contributed by atoms with van der Waals surface area (Å²) in [5.41, 5.74) is 12.3. The van der Waals surface area contributed by atoms with Crippen molar-refractivity contribution in [2.75, 3.05) is 12.8 Å². The van der Waals surface area contributed by atoms with E-state index in [9.17, 15) is 0 Å². The maximum Gasteiger partial charge on any atom is 0.147 e. The molecule has 1 aliphatic rings. The van der Waals surface area contributed by atoms with Gasteiger partial charge in [-0.05, 0) is 34.9 Å². The van der Waals surface area contributed by atoms with Crippen LogP contribution in [0.5, 0.6) is 0 Å². The third kappa shape index (κ3) is 3.11. The monoisotopic (exact) mass is 339 g/mol. The smallest absolute Gasteiger partial charge is 0.147 e. The predicted molar refractivity (Wildman–Crippen MR) is 109 cm³/mol. The molecule has 3 heteroatoms. The zero-order valence-electron chi connectivity index (χ0n) is 14.7. The Bertz CT molecular complexity index is 959. The molecule has 2 N–H and O–H groups in total. The molecule has 0 saturated carbocycles. The number of hydrogen-bond acceptors (Lipinski definition) is 3. The van der Waals surface area contributed by atoms with E-state index < -0.39 is 0 Å². The standard InChI is InChI=1S/C23H21N3/c1-26-22(18-11-6-3-7-12-18)16-21(17-9-4-2-5-10-17)25-23(26)19-13-8-14-20(24)15-19/h2-16,23H,24H2,1H3. The lowest BCUT2D eigenvalue weighted by Crippen LogP contribution is -2.27. The fourth-order valence-electron chi connectivity index (χ4n) is 3.30. The summed E-state index contributed by atoms with van der Waals surface area (Å²) < 4.78 is 0. The summed E-state index contributed by atoms with van der Waals surface area (Å²) >= 11 is 0. The second-order valence-electron chi connectivity index (χ2n) is 6.43. The first-order valence-corrected chi connectivity index (χ1v) is 8.71. The number of aliphatic imine (C=N–C) groups is 1. The first-order valence-electron chi connectivity index (χ1n) is 8.71. The van der Waals surface area contributed by atoms with Gasteiger partial charge in [0, 0.05) is 18.4 Å². The lowest BCUT2D eigenvalue weighted by molar-refractivity contribution is 0.364. The number of rotatable bonds is 3. The number of hydrogen-bond donors (Lipinski definition) is 1. The minimum atomic E-state index is -0.117. The Morgan fingerprint density at radius 2 is 1.46 bits per heavy atom. The molecule has 3 nitrogen and oxygen atoms in total. The number of nitrogen functional groups attached to an aromatic ring is 1. The summed E-state index contributed by atoms with van der Waals surface area (Å²) in [6, 6.07) is 28.7. The van der Waals surface area contributed by atoms with Crippen molar-refractivity contribution >= 4 is 17.1 Å². The third-order valence-electron chi connectivity index (χ3n) is 4.63. The lowest BCUT2D eigenvalue weighted by Gasteiger charge is -2.34. The molecule has 3 aromatic rings. The molecule has 0 bridgehead atoms. The summed E-state index contributed by atoms with van der Waals surface area (Å²) in [5, 5.41) is 0. The van der Waals surface area contributed by atoms with E-state index >= 15 is 0 Å². The van der Waals surface area contributed by atoms with E-state index in [2.05, 4.69) is 60.5 Å². The Kier molecular flexibility index (Phi) is 4.28. The van der Waals surface area contributed by atoms with Gasteiger partial charge in [-0.1, -0.05) is 72.8 Å². The highest BCUT2D eigenvalue weighted by atomic mass is 15.2. The zero-order valence-corrected chi connectivity index (χ0v) is 14.7. The average molecular weight is 339 g/mol. The quantitative estimate of drug-likeness (QED) is 0.700. The molecule has 1 atom stereocenters. The predicted octanol–water partition coefficient (Wildman–Crippen LogP) is 4.74. The highest BCUT2D eigenvalue weighted by molar-refractivity contribution is 6.13. The van der Waals surface area contributed by atoms with Crippen LogP contribution in [0.4, 0.5) is 5.69 Å². The highest BCUT2D eigenvalue weighted by Gasteiger charge is 2.25. The van der Waals surface area contributed by atoms with Gasteiger partial charge in [-0.25, -0.2) is 0 Å². The maximum atomic E-state index is 6.02. The fraction of sp³-hybridized carbons (Fsp3) is 0.0870. The molecular weight excluding hydrogens is 318 g/mol. The molecule has 0 aromatic heterocycles. The van der Waals surface area contributed by atoms with Crippen LogP contribution < -0.4 is 5.73 Å². The average Bonchev–Trinajstić information content (AvgIpc) is 2.69. The van der Waals surface area contributed by atoms with Gasteiger partial charge in [-0.15, -0.1) is 0 Å². The minimum Gasteiger partial charge on any atom is -0.399 e. The molecule has 0 spiro atoms. The summed E-state index contributed by atoms with van der Waals surface area (Å²) in [6.45, 7) is 0. The van der Waals surface area contributed by atoms with Crippen molar-refractivity contribution in [1.29, 1.82) is 0 Å². The van der Waals surface area contributed by atoms with Crippen LogP contribution in [0.3, 0.4) is 0 Å². The fourth-order valence-corrected chi connectivity index (χ4v) is 3.30. The van der Waals surface area contributed by atoms with Crippen LogP contribution in [0, 0.1) is 0 Å². The van der Waals surface area contributed by atoms with Gasteiger partial charge in [0.25, 0.3) is 0 Å². The zero-order chi connectivity index (χ0) is 17.9. The molecule has 4 rings (SSSR count). The number of anilines is 1. The molecular formula is C23H21N3. The Hall–Kier alpha value is -3.33. The van der Waals surface area contributed by atoms with E-state index in [1.807, 2.05) is 42.5 Å². The molecule has 3 aromatic carbocycles. The third-order valence-corrected chi connectivity index (χ3v) is 4.63. The highest BCUT2D eigenvalue weighted by Crippen LogP contribution is 2.34. The lowest BCUT2D eigenvalue weighted by atomic mass is 10.0. The Morgan fingerprint density at radius 1 is 0.808 bits per heavy atom. The SMILES string of the molecule is CN1C(c2ccccc2)=CC(c2ccccc2)=NC1c1cccc(N)c1. The second-order valence-corrected chi connectivity index (χ2v) is 6.43. The van der Waals surface area contributed by atoms with Crippen LogP contribution in [0.15, 0.2) is 96.0 Å². The Morgan fingerprint density at radius 3 is 2.12 bits per heavy atom. The van der Waals surface area contributed by atoms with Gasteiger partial charge in [0.2, 0.25) is 0 Å². The Balaban J connectivity index is 1.85. The summed E-state index contributed by atoms with van der Waals surface area (Å²) in [5.74, 6) is 0. The summed E-state index contributed by atoms with van der Waals surface area (Å²) in [4.78, 5) is 7.24. The Labute approximate surface area is 154 Å². The molecule has 1 heterocycles. The number of benzene rings is 3. The van der Waals surface area contributed by atoms with Crippen LogP contribution in [0.25, 0.3) is 5.70 Å². The maximum absolute atomic E-state index is 6.02. The molecule has 128 valence electrons. The second kappa shape index (κ2) is 6.89. The van der Waals surface area contributed by atoms with E-state index in [1.165, 1.54) is 5.56 Å². The van der Waals surface area contributed by atoms with E-state index in [0.29, 0.717) is 0 Å². The van der Waals surface area contributed by atoms with E-state index in [4.69, 9.17) is 10.7 Å². The van der Waals surface area contributed by atoms with Gasteiger partial charge >= 0.3 is 0 Å². The first kappa shape index (κ1) is 16.2. The number of nitrogens with two attached hydrogens (primary N) is 1. The normalized spacial score (nSPS) is 16.8. The van der Waals surface area contributed by atoms with Gasteiger partial charge in [0.15, 0.2) is 0 Å². The number of allylic oxidation sites excluding steroid dienone is 1. The van der Waals surface area contributed by atoms with Crippen molar-refractivity contribution in [2.24, 2.45) is 4.99 Å². The van der Waals surface area contributed by atoms with Crippen molar-refractivity contribution in [2.45, 2.75) is 6.17 Å². The molecule has 0 radical (unpaired) electrons. The van der Waals surface area contributed by atoms with E-state index in [1.54, 1.807) is 0 Å². The van der Waals surface area contributed by atoms with Crippen molar-refractivity contribution in [3.05, 3.63) is 108 Å². The van der Waals surface area contributed by atoms with Crippen LogP contribution in [-0.2, 0) is 0 Å². The van der Waals surface area contributed by atoms with Crippen molar-refractivity contribution in [3.63, 3.8) is 0 Å². The van der Waals surface area contributed by atoms with Crippen molar-refractivity contribution in [3.8, 4) is 0 Å². The van der Waals surface area contributed by atoms with Crippen molar-refractivity contribution in [1.82, 2.24) is 4.90 Å². The molecule has 0 amide bonds. The summed E-state index contributed by atoms with van der Waals surface area (Å²) in [7, 11) is 2.08. The largest absolute Gasteiger partial charge is 0.399 e. The molecule has 26 heavy (non-hydrogen) atoms. The van der Waals surface area contributed by atoms with Crippen LogP contribution in [0.1, 0.15) is 22.9 Å². The topological polar surface area (TPSA) is 41.6 Å². The first-order chi connectivity index (χ1) is 12.7. The van der Waals surface area contributed by atoms with E-state index in [-0.39, 0.29) is 6.17 Å². The van der Waals surface area contributed by atoms with E-state index in [0.717, 1.165) is 28.2 Å². The van der Waals surface area contributed by atoms with Gasteiger partial charge in [-0.3, -0.25) is 4.99 Å². The van der Waals surface area contributed by atoms with Gasteiger partial charge in [0.05, 0.1) is 5.71 Å². The molecule has 0 saturated heterocycles. The van der Waals surface area contributed by atoms with Crippen molar-refractivity contribution < 1.29 is 0 Å². The molecule has 0 fully saturated rings. The van der Waals surface area contributed by atoms with Crippen LogP contribution in [0.2, 0.25) is 0 Å². The van der Waals surface area contributed by atoms with Gasteiger partial charge in [0.1, 0.15) is 6.17 Å². The summed E-state index contributed by atoms with van der Waals surface area (Å²) in [6.07, 6.45) is 2.04. The van der Waals surface area contributed by atoms with Crippen LogP contribution >= 0.6 is 0 Å². The molecule has 1 aliphatic heterocycles. The molecule has 0 aliphatic carbocycles. The van der Waals surface area contributed by atoms with Gasteiger partial charge < -0.3 is 10.6 Å². The minimum absolute atomic E-state index is 0.117. The van der Waals surface area contributed by atoms with Crippen LogP contribution in [-0.4, -0.2) is 17.7 Å². The van der Waals surface area contributed by atoms with Gasteiger partial charge in [-0.2, -0.15) is 0 Å².